The Labute approximate surface area is 577 Å². The van der Waals surface area contributed by atoms with Crippen LogP contribution in [0.4, 0.5) is 5.69 Å². The van der Waals surface area contributed by atoms with Crippen LogP contribution in [0, 0.1) is 0 Å². The maximum Gasteiger partial charge on any atom is 0.316 e. The SMILES string of the molecule is C.CS(=O)(=O)OC1CCC(Oc2ncccn2)CC1.Clc1ncccn1.OC1CCC(Oc2ncccn2)CC1.OC1CCC2(CC1)OCCO2.c1cnc(OC2CCC(Oc3cc(N4CCOCC4)cc4nccnc34)CC2)nc1.c1cnc(OC2CCC3(CC2)OCCO3)nc1. The van der Waals surface area contributed by atoms with E-state index in [4.69, 9.17) is 63.2 Å². The highest BCUT2D eigenvalue weighted by atomic mass is 35.5. The van der Waals surface area contributed by atoms with Gasteiger partial charge in [0.05, 0.1) is 75.8 Å². The Kier molecular flexibility index (Phi) is 29.7. The van der Waals surface area contributed by atoms with E-state index in [9.17, 15) is 18.6 Å². The molecule has 8 aliphatic rings. The largest absolute Gasteiger partial charge is 0.488 e. The lowest BCUT2D eigenvalue weighted by Gasteiger charge is -2.34. The number of hydrogen-bond donors (Lipinski definition) is 2. The van der Waals surface area contributed by atoms with Crippen LogP contribution in [0.2, 0.25) is 5.28 Å². The van der Waals surface area contributed by atoms with E-state index in [1.54, 1.807) is 105 Å². The molecular weight excluding hydrogens is 1310 g/mol. The predicted molar refractivity (Wildman–Crippen MR) is 360 cm³/mol. The van der Waals surface area contributed by atoms with Crippen molar-refractivity contribution in [3.8, 4) is 29.8 Å². The molecule has 0 unspecified atom stereocenters. The first-order valence-corrected chi connectivity index (χ1v) is 35.7. The Morgan fingerprint density at radius 1 is 0.429 bits per heavy atom. The van der Waals surface area contributed by atoms with E-state index >= 15 is 0 Å². The molecule has 1 aromatic carbocycles. The molecule has 2 N–H and O–H groups in total. The minimum atomic E-state index is -3.37. The van der Waals surface area contributed by atoms with Gasteiger partial charge < -0.3 is 62.5 Å². The third-order valence-electron chi connectivity index (χ3n) is 17.2. The number of aromatic nitrogens is 12. The van der Waals surface area contributed by atoms with Crippen LogP contribution >= 0.6 is 11.6 Å². The van der Waals surface area contributed by atoms with Crippen LogP contribution in [0.15, 0.2) is 117 Å². The normalized spacial score (nSPS) is 24.0. The monoisotopic (exact) mass is 1400 g/mol. The number of morpholine rings is 1. The summed E-state index contributed by atoms with van der Waals surface area (Å²) < 4.78 is 84.0. The van der Waals surface area contributed by atoms with Gasteiger partial charge in [-0.25, -0.2) is 54.8 Å². The molecule has 2 spiro atoms. The fraction of sp³-hybridized carbons (Fsp3) is 0.588. The highest BCUT2D eigenvalue weighted by molar-refractivity contribution is 7.86. The second-order valence-corrected chi connectivity index (χ2v) is 26.3. The molecule has 8 fully saturated rings. The van der Waals surface area contributed by atoms with Gasteiger partial charge in [-0.3, -0.25) is 9.17 Å². The first-order valence-electron chi connectivity index (χ1n) is 33.5. The zero-order valence-electron chi connectivity index (χ0n) is 54.7. The Hall–Kier alpha value is -7.32. The van der Waals surface area contributed by atoms with Crippen molar-refractivity contribution in [3.63, 3.8) is 0 Å². The molecule has 532 valence electrons. The minimum absolute atomic E-state index is 0. The molecule has 30 heteroatoms. The molecule has 3 aliphatic heterocycles. The number of nitrogens with zero attached hydrogens (tertiary/aromatic N) is 13. The highest BCUT2D eigenvalue weighted by Gasteiger charge is 2.42. The molecule has 0 atom stereocenters. The molecule has 5 aliphatic carbocycles. The maximum absolute atomic E-state index is 11.0. The molecule has 7 aromatic rings. The number of anilines is 1. The molecule has 9 heterocycles. The lowest BCUT2D eigenvalue weighted by Crippen LogP contribution is -2.38. The van der Waals surface area contributed by atoms with Crippen molar-refractivity contribution in [1.82, 2.24) is 59.8 Å². The van der Waals surface area contributed by atoms with E-state index in [0.29, 0.717) is 55.4 Å². The van der Waals surface area contributed by atoms with Crippen molar-refractivity contribution in [2.45, 2.75) is 196 Å². The van der Waals surface area contributed by atoms with Gasteiger partial charge >= 0.3 is 24.0 Å². The van der Waals surface area contributed by atoms with Crippen molar-refractivity contribution >= 4 is 38.4 Å². The fourth-order valence-electron chi connectivity index (χ4n) is 12.3. The van der Waals surface area contributed by atoms with E-state index in [0.717, 1.165) is 184 Å². The zero-order valence-corrected chi connectivity index (χ0v) is 56.3. The summed E-state index contributed by atoms with van der Waals surface area (Å²) in [6.45, 7) is 6.09. The van der Waals surface area contributed by atoms with Crippen molar-refractivity contribution in [1.29, 1.82) is 0 Å². The summed E-state index contributed by atoms with van der Waals surface area (Å²) in [5.74, 6) is 0.175. The second kappa shape index (κ2) is 38.9. The van der Waals surface area contributed by atoms with E-state index in [-0.39, 0.29) is 67.8 Å². The molecule has 28 nitrogen and oxygen atoms in total. The minimum Gasteiger partial charge on any atom is -0.488 e. The number of ether oxygens (including phenoxy) is 10. The summed E-state index contributed by atoms with van der Waals surface area (Å²) in [7, 11) is -3.37. The van der Waals surface area contributed by atoms with Gasteiger partial charge in [-0.2, -0.15) is 8.42 Å². The van der Waals surface area contributed by atoms with Gasteiger partial charge in [-0.15, -0.1) is 0 Å². The summed E-state index contributed by atoms with van der Waals surface area (Å²) in [6.07, 6.45) is 38.1. The van der Waals surface area contributed by atoms with Crippen molar-refractivity contribution < 1.29 is 70.2 Å². The number of benzene rings is 1. The average molecular weight is 1400 g/mol. The second-order valence-electron chi connectivity index (χ2n) is 24.4. The van der Waals surface area contributed by atoms with E-state index in [1.165, 1.54) is 0 Å². The van der Waals surface area contributed by atoms with Gasteiger partial charge in [0.15, 0.2) is 11.6 Å². The third-order valence-corrected chi connectivity index (χ3v) is 18.0. The quantitative estimate of drug-likeness (QED) is 0.0801. The van der Waals surface area contributed by atoms with Crippen LogP contribution in [-0.2, 0) is 38.0 Å². The number of aliphatic hydroxyl groups excluding tert-OH is 2. The Morgan fingerprint density at radius 2 is 0.776 bits per heavy atom. The molecule has 98 heavy (non-hydrogen) atoms. The van der Waals surface area contributed by atoms with Crippen LogP contribution in [-0.4, -0.2) is 198 Å². The van der Waals surface area contributed by atoms with Gasteiger partial charge in [-0.1, -0.05) is 7.43 Å². The summed E-state index contributed by atoms with van der Waals surface area (Å²) in [6, 6.07) is 14.7. The van der Waals surface area contributed by atoms with Crippen molar-refractivity contribution in [2.75, 3.05) is 63.9 Å². The molecule has 5 saturated carbocycles. The zero-order chi connectivity index (χ0) is 67.4. The van der Waals surface area contributed by atoms with E-state index in [1.807, 2.05) is 0 Å². The molecule has 0 bridgehead atoms. The van der Waals surface area contributed by atoms with Gasteiger partial charge in [0.2, 0.25) is 5.28 Å². The molecule has 3 saturated heterocycles. The van der Waals surface area contributed by atoms with Crippen LogP contribution in [0.1, 0.15) is 136 Å². The van der Waals surface area contributed by atoms with Crippen LogP contribution < -0.4 is 28.6 Å². The fourth-order valence-corrected chi connectivity index (χ4v) is 13.1. The molecule has 0 radical (unpaired) electrons. The van der Waals surface area contributed by atoms with Crippen LogP contribution in [0.5, 0.6) is 29.8 Å². The van der Waals surface area contributed by atoms with Crippen molar-refractivity contribution in [2.24, 2.45) is 0 Å². The Bertz CT molecular complexity index is 3440. The summed E-state index contributed by atoms with van der Waals surface area (Å²) in [5.41, 5.74) is 2.78. The predicted octanol–water partition coefficient (Wildman–Crippen LogP) is 9.30. The van der Waals surface area contributed by atoms with Gasteiger partial charge in [0.25, 0.3) is 10.1 Å². The lowest BCUT2D eigenvalue weighted by atomic mass is 9.92. The molecule has 6 aromatic heterocycles. The number of halogens is 1. The standard InChI is InChI=1S/C22H25N5O3.C12H16N2O3.C11H16N2O4S.C10H14N2O2.C8H14O3.C4H3ClN2.CH4/c1-6-25-22(26-7-1)30-18-4-2-17(3-5-18)29-20-15-16(27-10-12-28-13-11-27)14-19-21(20)24-9-8-23-19;1-6-13-11(14-7-1)17-10-2-4-12(5-3-10)15-8-9-16-12;1-18(14,15)17-10-5-3-9(4-6-10)16-11-12-7-2-8-13-11;13-8-2-4-9(5-3-8)14-10-11-6-1-7-12-10;9-7-1-3-8(4-2-7)10-5-6-11-8;5-4-6-2-1-3-7-4;/h1,6-9,14-15,17-18H,2-5,10-13H2;1,6-7,10H,2-5,8-9H2;2,7-10H,3-6H2,1H3;1,6-9,13H,2-5H2;7,9H,1-6H2;1-3H;1H4. The highest BCUT2D eigenvalue weighted by Crippen LogP contribution is 2.38. The number of fused-ring (bicyclic) bond motifs is 1. The summed E-state index contributed by atoms with van der Waals surface area (Å²) in [5, 5.41) is 18.8. The smallest absolute Gasteiger partial charge is 0.316 e. The Morgan fingerprint density at radius 3 is 1.17 bits per heavy atom. The topological polar surface area (TPSA) is 334 Å². The number of hydrogen-bond acceptors (Lipinski definition) is 28. The first kappa shape index (κ1) is 74.9. The number of aliphatic hydroxyl groups is 2. The molecule has 15 rings (SSSR count). The van der Waals surface area contributed by atoms with E-state index < -0.39 is 10.1 Å². The Balaban J connectivity index is 0.000000145. The van der Waals surface area contributed by atoms with Crippen LogP contribution in [0.3, 0.4) is 0 Å². The molecule has 0 amide bonds. The van der Waals surface area contributed by atoms with Gasteiger partial charge in [0, 0.05) is 125 Å². The number of rotatable bonds is 13. The summed E-state index contributed by atoms with van der Waals surface area (Å²) >= 11 is 5.32. The van der Waals surface area contributed by atoms with E-state index in [2.05, 4.69) is 76.8 Å². The average Bonchev–Trinajstić information content (AvgIpc) is 1.39. The van der Waals surface area contributed by atoms with Crippen molar-refractivity contribution in [3.05, 3.63) is 122 Å². The third kappa shape index (κ3) is 25.1. The maximum atomic E-state index is 11.0. The van der Waals surface area contributed by atoms with Crippen LogP contribution in [0.25, 0.3) is 11.0 Å². The van der Waals surface area contributed by atoms with Gasteiger partial charge in [-0.05, 0) is 151 Å². The van der Waals surface area contributed by atoms with Gasteiger partial charge in [0.1, 0.15) is 35.7 Å². The summed E-state index contributed by atoms with van der Waals surface area (Å²) in [4.78, 5) is 51.0. The lowest BCUT2D eigenvalue weighted by molar-refractivity contribution is -0.187. The first-order chi connectivity index (χ1) is 47.3. The molecular formula is C68H92ClN13O15S.